The van der Waals surface area contributed by atoms with E-state index in [0.717, 1.165) is 25.6 Å². The van der Waals surface area contributed by atoms with Gasteiger partial charge in [0, 0.05) is 23.8 Å². The van der Waals surface area contributed by atoms with Crippen molar-refractivity contribution in [3.05, 3.63) is 28.8 Å². The van der Waals surface area contributed by atoms with E-state index in [2.05, 4.69) is 5.32 Å². The summed E-state index contributed by atoms with van der Waals surface area (Å²) in [6.45, 7) is 5.05. The van der Waals surface area contributed by atoms with Crippen molar-refractivity contribution in [2.75, 3.05) is 31.1 Å². The van der Waals surface area contributed by atoms with Crippen molar-refractivity contribution < 1.29 is 13.2 Å². The molecule has 0 radical (unpaired) electrons. The van der Waals surface area contributed by atoms with Crippen molar-refractivity contribution in [3.63, 3.8) is 0 Å². The zero-order valence-electron chi connectivity index (χ0n) is 11.3. The third-order valence-corrected chi connectivity index (χ3v) is 3.81. The second-order valence-corrected chi connectivity index (χ2v) is 5.50. The number of nitrogens with zero attached hydrogens (tertiary/aromatic N) is 1. The molecule has 1 aliphatic rings. The molecule has 20 heavy (non-hydrogen) atoms. The van der Waals surface area contributed by atoms with Crippen LogP contribution in [0, 0.1) is 5.92 Å². The highest BCUT2D eigenvalue weighted by molar-refractivity contribution is 6.30. The first kappa shape index (κ1) is 15.4. The Morgan fingerprint density at radius 1 is 1.40 bits per heavy atom. The molecule has 112 valence electrons. The first-order valence-electron chi connectivity index (χ1n) is 6.74. The molecule has 1 N–H and O–H groups in total. The maximum Gasteiger partial charge on any atom is 0.418 e. The van der Waals surface area contributed by atoms with Gasteiger partial charge in [-0.15, -0.1) is 0 Å². The topological polar surface area (TPSA) is 15.3 Å². The highest BCUT2D eigenvalue weighted by Gasteiger charge is 2.36. The van der Waals surface area contributed by atoms with Gasteiger partial charge in [0.05, 0.1) is 5.56 Å². The lowest BCUT2D eigenvalue weighted by atomic mass is 10.1. The van der Waals surface area contributed by atoms with E-state index < -0.39 is 11.7 Å². The zero-order chi connectivity index (χ0) is 14.8. The third kappa shape index (κ3) is 3.58. The van der Waals surface area contributed by atoms with Crippen LogP contribution in [0.15, 0.2) is 18.2 Å². The first-order valence-corrected chi connectivity index (χ1v) is 7.12. The van der Waals surface area contributed by atoms with Gasteiger partial charge in [-0.05, 0) is 43.6 Å². The SMILES string of the molecule is CCNCC1CCN(c2ccc(Cl)cc2C(F)(F)F)C1. The molecule has 0 spiro atoms. The second-order valence-electron chi connectivity index (χ2n) is 5.07. The molecular formula is C14H18ClF3N2. The minimum absolute atomic E-state index is 0.115. The van der Waals surface area contributed by atoms with Crippen molar-refractivity contribution in [1.82, 2.24) is 5.32 Å². The Kier molecular flexibility index (Phi) is 4.81. The highest BCUT2D eigenvalue weighted by atomic mass is 35.5. The molecule has 1 fully saturated rings. The number of nitrogens with one attached hydrogen (secondary N) is 1. The lowest BCUT2D eigenvalue weighted by Crippen LogP contribution is -2.27. The number of halogens is 4. The Hall–Kier alpha value is -0.940. The van der Waals surface area contributed by atoms with Crippen molar-refractivity contribution in [1.29, 1.82) is 0 Å². The lowest BCUT2D eigenvalue weighted by Gasteiger charge is -2.23. The summed E-state index contributed by atoms with van der Waals surface area (Å²) in [6.07, 6.45) is -3.47. The Labute approximate surface area is 121 Å². The average Bonchev–Trinajstić information content (AvgIpc) is 2.84. The van der Waals surface area contributed by atoms with Gasteiger partial charge in [0.2, 0.25) is 0 Å². The van der Waals surface area contributed by atoms with Crippen molar-refractivity contribution in [3.8, 4) is 0 Å². The summed E-state index contributed by atoms with van der Waals surface area (Å²) >= 11 is 5.70. The molecular weight excluding hydrogens is 289 g/mol. The summed E-state index contributed by atoms with van der Waals surface area (Å²) < 4.78 is 39.3. The van der Waals surface area contributed by atoms with E-state index in [-0.39, 0.29) is 10.7 Å². The lowest BCUT2D eigenvalue weighted by molar-refractivity contribution is -0.137. The van der Waals surface area contributed by atoms with Gasteiger partial charge in [0.15, 0.2) is 0 Å². The van der Waals surface area contributed by atoms with Gasteiger partial charge >= 0.3 is 6.18 Å². The number of hydrogen-bond acceptors (Lipinski definition) is 2. The molecule has 0 bridgehead atoms. The summed E-state index contributed by atoms with van der Waals surface area (Å²) in [5.41, 5.74) is -0.407. The van der Waals surface area contributed by atoms with Gasteiger partial charge in [-0.3, -0.25) is 0 Å². The van der Waals surface area contributed by atoms with Gasteiger partial charge in [-0.2, -0.15) is 13.2 Å². The number of rotatable bonds is 4. The maximum atomic E-state index is 13.1. The van der Waals surface area contributed by atoms with Crippen LogP contribution in [0.5, 0.6) is 0 Å². The van der Waals surface area contributed by atoms with Crippen LogP contribution >= 0.6 is 11.6 Å². The fourth-order valence-corrected chi connectivity index (χ4v) is 2.75. The Balaban J connectivity index is 2.17. The van der Waals surface area contributed by atoms with Crippen LogP contribution in [-0.4, -0.2) is 26.2 Å². The van der Waals surface area contributed by atoms with Crippen molar-refractivity contribution >= 4 is 17.3 Å². The molecule has 2 nitrogen and oxygen atoms in total. The van der Waals surface area contributed by atoms with E-state index in [1.807, 2.05) is 6.92 Å². The summed E-state index contributed by atoms with van der Waals surface area (Å²) in [5.74, 6) is 0.395. The van der Waals surface area contributed by atoms with Gasteiger partial charge in [-0.25, -0.2) is 0 Å². The standard InChI is InChI=1S/C14H18ClF3N2/c1-2-19-8-10-5-6-20(9-10)13-4-3-11(15)7-12(13)14(16,17)18/h3-4,7,10,19H,2,5-6,8-9H2,1H3. The van der Waals surface area contributed by atoms with E-state index in [4.69, 9.17) is 11.6 Å². The average molecular weight is 307 g/mol. The van der Waals surface area contributed by atoms with Crippen molar-refractivity contribution in [2.45, 2.75) is 19.5 Å². The molecule has 1 heterocycles. The number of hydrogen-bond donors (Lipinski definition) is 1. The van der Waals surface area contributed by atoms with Crippen LogP contribution in [0.2, 0.25) is 5.02 Å². The molecule has 0 amide bonds. The summed E-state index contributed by atoms with van der Waals surface area (Å²) in [5, 5.41) is 3.36. The van der Waals surface area contributed by atoms with Crippen LogP contribution in [0.4, 0.5) is 18.9 Å². The predicted octanol–water partition coefficient (Wildman–Crippen LogP) is 3.79. The Morgan fingerprint density at radius 3 is 2.80 bits per heavy atom. The van der Waals surface area contributed by atoms with Gasteiger partial charge in [0.25, 0.3) is 0 Å². The van der Waals surface area contributed by atoms with Crippen LogP contribution in [0.25, 0.3) is 0 Å². The van der Waals surface area contributed by atoms with E-state index >= 15 is 0 Å². The van der Waals surface area contributed by atoms with Gasteiger partial charge < -0.3 is 10.2 Å². The molecule has 1 aliphatic heterocycles. The molecule has 1 aromatic carbocycles. The zero-order valence-corrected chi connectivity index (χ0v) is 12.1. The number of alkyl halides is 3. The maximum absolute atomic E-state index is 13.1. The quantitative estimate of drug-likeness (QED) is 0.910. The molecule has 0 saturated carbocycles. The van der Waals surface area contributed by atoms with Crippen LogP contribution in [-0.2, 0) is 6.18 Å². The van der Waals surface area contributed by atoms with E-state index in [9.17, 15) is 13.2 Å². The Morgan fingerprint density at radius 2 is 2.15 bits per heavy atom. The van der Waals surface area contributed by atoms with E-state index in [1.165, 1.54) is 12.1 Å². The summed E-state index contributed by atoms with van der Waals surface area (Å²) in [7, 11) is 0. The molecule has 1 unspecified atom stereocenters. The van der Waals surface area contributed by atoms with E-state index in [1.54, 1.807) is 4.90 Å². The molecule has 1 aromatic rings. The summed E-state index contributed by atoms with van der Waals surface area (Å²) in [6, 6.07) is 4.00. The first-order chi connectivity index (χ1) is 9.41. The molecule has 0 aliphatic carbocycles. The van der Waals surface area contributed by atoms with Gasteiger partial charge in [0.1, 0.15) is 0 Å². The highest BCUT2D eigenvalue weighted by Crippen LogP contribution is 2.39. The largest absolute Gasteiger partial charge is 0.418 e. The third-order valence-electron chi connectivity index (χ3n) is 3.57. The summed E-state index contributed by atoms with van der Waals surface area (Å²) in [4.78, 5) is 1.81. The molecule has 2 rings (SSSR count). The van der Waals surface area contributed by atoms with Crippen LogP contribution in [0.3, 0.4) is 0 Å². The van der Waals surface area contributed by atoms with E-state index in [0.29, 0.717) is 19.0 Å². The fourth-order valence-electron chi connectivity index (χ4n) is 2.58. The Bertz CT molecular complexity index is 462. The normalized spacial score (nSPS) is 19.6. The van der Waals surface area contributed by atoms with Crippen molar-refractivity contribution in [2.24, 2.45) is 5.92 Å². The second kappa shape index (κ2) is 6.22. The fraction of sp³-hybridized carbons (Fsp3) is 0.571. The molecule has 1 atom stereocenters. The monoisotopic (exact) mass is 306 g/mol. The predicted molar refractivity (Wildman–Crippen MR) is 75.3 cm³/mol. The molecule has 6 heteroatoms. The minimum atomic E-state index is -4.38. The minimum Gasteiger partial charge on any atom is -0.371 e. The smallest absolute Gasteiger partial charge is 0.371 e. The molecule has 1 saturated heterocycles. The van der Waals surface area contributed by atoms with Gasteiger partial charge in [-0.1, -0.05) is 18.5 Å². The number of benzene rings is 1. The van der Waals surface area contributed by atoms with Crippen LogP contribution < -0.4 is 10.2 Å². The number of anilines is 1. The molecule has 0 aromatic heterocycles. The van der Waals surface area contributed by atoms with Crippen LogP contribution in [0.1, 0.15) is 18.9 Å².